The molecule has 0 radical (unpaired) electrons. The van der Waals surface area contributed by atoms with Crippen LogP contribution in [0.1, 0.15) is 27.6 Å². The van der Waals surface area contributed by atoms with Crippen molar-refractivity contribution < 1.29 is 23.9 Å². The topological polar surface area (TPSA) is 84.0 Å². The predicted octanol–water partition coefficient (Wildman–Crippen LogP) is 1.11. The van der Waals surface area contributed by atoms with Crippen LogP contribution < -0.4 is 0 Å². The molecule has 0 bridgehead atoms. The molecule has 0 spiro atoms. The Balaban J connectivity index is 1.66. The van der Waals surface area contributed by atoms with E-state index in [2.05, 4.69) is 0 Å². The summed E-state index contributed by atoms with van der Waals surface area (Å²) < 4.78 is 4.81. The van der Waals surface area contributed by atoms with Crippen LogP contribution in [0.25, 0.3) is 0 Å². The highest BCUT2D eigenvalue weighted by molar-refractivity contribution is 8.00. The number of nitrogens with zero attached hydrogens (tertiary/aromatic N) is 2. The lowest BCUT2D eigenvalue weighted by Gasteiger charge is -2.57. The Bertz CT molecular complexity index is 822. The van der Waals surface area contributed by atoms with Gasteiger partial charge < -0.3 is 9.64 Å². The van der Waals surface area contributed by atoms with Gasteiger partial charge in [-0.2, -0.15) is 0 Å². The summed E-state index contributed by atoms with van der Waals surface area (Å²) in [6.07, 6.45) is 0. The number of imide groups is 1. The minimum atomic E-state index is -0.989. The Hall–Kier alpha value is -2.06. The number of methoxy groups -OCH3 is 1. The Labute approximate surface area is 158 Å². The van der Waals surface area contributed by atoms with Crippen LogP contribution in [0.5, 0.6) is 0 Å². The van der Waals surface area contributed by atoms with Gasteiger partial charge in [0, 0.05) is 5.75 Å². The van der Waals surface area contributed by atoms with Crippen molar-refractivity contribution in [3.8, 4) is 0 Å². The Morgan fingerprint density at radius 3 is 2.35 bits per heavy atom. The first-order valence-corrected chi connectivity index (χ1v) is 9.39. The molecule has 2 fully saturated rings. The summed E-state index contributed by atoms with van der Waals surface area (Å²) in [5, 5.41) is -0.513. The fraction of sp³-hybridized carbons (Fsp3) is 0.412. The summed E-state index contributed by atoms with van der Waals surface area (Å²) in [5.74, 6) is -1.68. The second-order valence-corrected chi connectivity index (χ2v) is 8.59. The molecule has 7 nitrogen and oxygen atoms in total. The van der Waals surface area contributed by atoms with Gasteiger partial charge in [-0.15, -0.1) is 23.4 Å². The predicted molar refractivity (Wildman–Crippen MR) is 93.9 cm³/mol. The van der Waals surface area contributed by atoms with Gasteiger partial charge in [-0.25, -0.2) is 4.79 Å². The molecule has 3 amide bonds. The third kappa shape index (κ3) is 2.15. The van der Waals surface area contributed by atoms with Crippen LogP contribution in [-0.4, -0.2) is 68.7 Å². The molecule has 1 aromatic rings. The first-order valence-electron chi connectivity index (χ1n) is 7.97. The van der Waals surface area contributed by atoms with Gasteiger partial charge in [-0.1, -0.05) is 12.1 Å². The number of hydrogen-bond donors (Lipinski definition) is 0. The number of fused-ring (bicyclic) bond motifs is 2. The van der Waals surface area contributed by atoms with Crippen molar-refractivity contribution in [2.75, 3.05) is 12.9 Å². The second-order valence-electron chi connectivity index (χ2n) is 6.62. The van der Waals surface area contributed by atoms with Crippen LogP contribution in [0.3, 0.4) is 0 Å². The maximum atomic E-state index is 12.8. The number of β-lactam (4-membered cyclic amide) rings is 1. The quantitative estimate of drug-likeness (QED) is 0.323. The van der Waals surface area contributed by atoms with Crippen molar-refractivity contribution >= 4 is 47.1 Å². The van der Waals surface area contributed by atoms with E-state index in [-0.39, 0.29) is 11.1 Å². The first-order chi connectivity index (χ1) is 12.3. The standard InChI is InChI=1S/C17H15ClN2O5S/c1-17(18)7-26-15-10(14(23)20(15)11(17)16(24)25-2)19-12(21)8-5-3-4-6-9(8)13(19)22/h3-6,10-11,15H,7H2,1-2H3/t10-,11+,15-,17-/m1/s1. The molecule has 4 rings (SSSR count). The number of carbonyl (C=O) groups excluding carboxylic acids is 4. The average Bonchev–Trinajstić information content (AvgIpc) is 2.86. The van der Waals surface area contributed by atoms with Crippen molar-refractivity contribution in [1.82, 2.24) is 9.80 Å². The maximum Gasteiger partial charge on any atom is 0.330 e. The molecular weight excluding hydrogens is 380 g/mol. The number of thioether (sulfide) groups is 1. The minimum Gasteiger partial charge on any atom is -0.467 e. The minimum absolute atomic E-state index is 0.288. The largest absolute Gasteiger partial charge is 0.467 e. The number of halogens is 1. The Kier molecular flexibility index (Phi) is 3.82. The van der Waals surface area contributed by atoms with E-state index < -0.39 is 46.0 Å². The van der Waals surface area contributed by atoms with Crippen molar-refractivity contribution in [3.05, 3.63) is 35.4 Å². The molecule has 0 unspecified atom stereocenters. The maximum absolute atomic E-state index is 12.8. The molecular formula is C17H15ClN2O5S. The zero-order valence-electron chi connectivity index (χ0n) is 14.0. The van der Waals surface area contributed by atoms with Gasteiger partial charge in [0.1, 0.15) is 11.4 Å². The lowest BCUT2D eigenvalue weighted by Crippen LogP contribution is -2.78. The van der Waals surface area contributed by atoms with Crippen molar-refractivity contribution in [3.63, 3.8) is 0 Å². The monoisotopic (exact) mass is 394 g/mol. The lowest BCUT2D eigenvalue weighted by atomic mass is 9.93. The van der Waals surface area contributed by atoms with E-state index in [1.807, 2.05) is 0 Å². The molecule has 3 aliphatic rings. The van der Waals surface area contributed by atoms with E-state index >= 15 is 0 Å². The van der Waals surface area contributed by atoms with Gasteiger partial charge in [0.25, 0.3) is 17.7 Å². The molecule has 1 aromatic carbocycles. The fourth-order valence-corrected chi connectivity index (χ4v) is 5.55. The van der Waals surface area contributed by atoms with E-state index in [1.165, 1.54) is 23.8 Å². The third-order valence-corrected chi connectivity index (χ3v) is 7.06. The van der Waals surface area contributed by atoms with Crippen LogP contribution in [0.2, 0.25) is 0 Å². The van der Waals surface area contributed by atoms with Gasteiger partial charge in [-0.05, 0) is 19.1 Å². The molecule has 0 saturated carbocycles. The van der Waals surface area contributed by atoms with Crippen molar-refractivity contribution in [1.29, 1.82) is 0 Å². The van der Waals surface area contributed by atoms with E-state index in [4.69, 9.17) is 16.3 Å². The molecule has 0 aliphatic carbocycles. The van der Waals surface area contributed by atoms with E-state index in [9.17, 15) is 19.2 Å². The summed E-state index contributed by atoms with van der Waals surface area (Å²) in [4.78, 5) is 51.7. The number of hydrogen-bond acceptors (Lipinski definition) is 6. The zero-order valence-corrected chi connectivity index (χ0v) is 15.5. The summed E-state index contributed by atoms with van der Waals surface area (Å²) in [5.41, 5.74) is 0.576. The van der Waals surface area contributed by atoms with Crippen molar-refractivity contribution in [2.24, 2.45) is 0 Å². The van der Waals surface area contributed by atoms with E-state index in [0.717, 1.165) is 4.90 Å². The molecule has 26 heavy (non-hydrogen) atoms. The fourth-order valence-electron chi connectivity index (χ4n) is 3.70. The van der Waals surface area contributed by atoms with Gasteiger partial charge in [0.05, 0.1) is 23.1 Å². The zero-order chi connectivity index (χ0) is 18.8. The highest BCUT2D eigenvalue weighted by Gasteiger charge is 2.64. The highest BCUT2D eigenvalue weighted by atomic mass is 35.5. The molecule has 3 heterocycles. The number of carbonyl (C=O) groups is 4. The number of amides is 3. The summed E-state index contributed by atoms with van der Waals surface area (Å²) in [6, 6.07) is 4.58. The second kappa shape index (κ2) is 5.72. The Morgan fingerprint density at radius 1 is 1.23 bits per heavy atom. The molecule has 4 atom stereocenters. The van der Waals surface area contributed by atoms with Crippen LogP contribution in [0, 0.1) is 0 Å². The first kappa shape index (κ1) is 17.4. The summed E-state index contributed by atoms with van der Waals surface area (Å²) in [7, 11) is 1.23. The number of ether oxygens (including phenoxy) is 1. The molecule has 0 aromatic heterocycles. The van der Waals surface area contributed by atoms with Crippen molar-refractivity contribution in [2.45, 2.75) is 29.3 Å². The Morgan fingerprint density at radius 2 is 1.81 bits per heavy atom. The number of alkyl halides is 1. The normalized spacial score (nSPS) is 32.9. The molecule has 2 saturated heterocycles. The van der Waals surface area contributed by atoms with Gasteiger partial charge >= 0.3 is 5.97 Å². The van der Waals surface area contributed by atoms with Crippen LogP contribution in [-0.2, 0) is 14.3 Å². The van der Waals surface area contributed by atoms with E-state index in [0.29, 0.717) is 5.75 Å². The SMILES string of the molecule is COC(=O)[C@@H]1N2C(=O)[C@@H](N3C(=O)c4ccccc4C3=O)[C@H]2SC[C@@]1(C)Cl. The number of esters is 1. The molecule has 0 N–H and O–H groups in total. The smallest absolute Gasteiger partial charge is 0.330 e. The molecule has 9 heteroatoms. The van der Waals surface area contributed by atoms with Crippen LogP contribution >= 0.6 is 23.4 Å². The highest BCUT2D eigenvalue weighted by Crippen LogP contribution is 2.47. The average molecular weight is 395 g/mol. The summed E-state index contributed by atoms with van der Waals surface area (Å²) >= 11 is 7.80. The summed E-state index contributed by atoms with van der Waals surface area (Å²) in [6.45, 7) is 1.67. The van der Waals surface area contributed by atoms with E-state index in [1.54, 1.807) is 31.2 Å². The molecule has 136 valence electrons. The lowest BCUT2D eigenvalue weighted by molar-refractivity contribution is -0.167. The number of rotatable bonds is 2. The number of benzene rings is 1. The van der Waals surface area contributed by atoms with Gasteiger partial charge in [-0.3, -0.25) is 19.3 Å². The van der Waals surface area contributed by atoms with Crippen LogP contribution in [0.4, 0.5) is 0 Å². The molecule has 3 aliphatic heterocycles. The third-order valence-electron chi connectivity index (χ3n) is 4.96. The van der Waals surface area contributed by atoms with Crippen LogP contribution in [0.15, 0.2) is 24.3 Å². The van der Waals surface area contributed by atoms with Gasteiger partial charge in [0.15, 0.2) is 6.04 Å². The van der Waals surface area contributed by atoms with Gasteiger partial charge in [0.2, 0.25) is 0 Å².